The van der Waals surface area contributed by atoms with Crippen molar-refractivity contribution < 1.29 is 24.2 Å². The molecule has 1 atom stereocenters. The van der Waals surface area contributed by atoms with Gasteiger partial charge in [-0.25, -0.2) is 9.78 Å². The third kappa shape index (κ3) is 5.84. The number of methoxy groups -OCH3 is 2. The number of H-pyrrole nitrogens is 1. The second kappa shape index (κ2) is 12.1. The number of aromatic carboxylic acids is 1. The van der Waals surface area contributed by atoms with Gasteiger partial charge in [-0.2, -0.15) is 0 Å². The van der Waals surface area contributed by atoms with Crippen LogP contribution in [-0.4, -0.2) is 41.0 Å². The van der Waals surface area contributed by atoms with Gasteiger partial charge in [0.15, 0.2) is 5.78 Å². The first-order valence-corrected chi connectivity index (χ1v) is 13.6. The molecule has 208 valence electrons. The lowest BCUT2D eigenvalue weighted by Crippen LogP contribution is -2.10. The van der Waals surface area contributed by atoms with Crippen molar-refractivity contribution in [1.29, 1.82) is 0 Å². The Morgan fingerprint density at radius 1 is 0.854 bits per heavy atom. The molecule has 4 aromatic carbocycles. The summed E-state index contributed by atoms with van der Waals surface area (Å²) < 4.78 is 10.8. The summed E-state index contributed by atoms with van der Waals surface area (Å²) in [4.78, 5) is 34.1. The molecule has 0 spiro atoms. The first-order valence-electron chi connectivity index (χ1n) is 13.6. The van der Waals surface area contributed by atoms with E-state index in [4.69, 9.17) is 14.5 Å². The number of carboxylic acids is 1. The molecule has 1 heterocycles. The molecular formula is C34H32N2O5. The summed E-state index contributed by atoms with van der Waals surface area (Å²) in [7, 11) is 3.17. The summed E-state index contributed by atoms with van der Waals surface area (Å²) in [5.74, 6) is 0.711. The summed E-state index contributed by atoms with van der Waals surface area (Å²) in [6.45, 7) is 2.10. The Morgan fingerprint density at radius 2 is 1.56 bits per heavy atom. The van der Waals surface area contributed by atoms with E-state index in [9.17, 15) is 14.7 Å². The van der Waals surface area contributed by atoms with Crippen molar-refractivity contribution >= 4 is 22.8 Å². The monoisotopic (exact) mass is 548 g/mol. The highest BCUT2D eigenvalue weighted by molar-refractivity contribution is 6.04. The summed E-state index contributed by atoms with van der Waals surface area (Å²) in [5.41, 5.74) is 4.87. The lowest BCUT2D eigenvalue weighted by atomic mass is 9.87. The summed E-state index contributed by atoms with van der Waals surface area (Å²) in [6, 6.07) is 25.9. The molecule has 5 aromatic rings. The molecule has 7 heteroatoms. The van der Waals surface area contributed by atoms with Crippen LogP contribution in [0.2, 0.25) is 0 Å². The zero-order valence-corrected chi connectivity index (χ0v) is 23.3. The maximum atomic E-state index is 13.4. The SMILES string of the molecule is CCC[C@@H](CC(=O)c1ccc(-c2cc(OC)ccc2-c2nc3ccc(OC)cc3[nH]2)c(C(=O)O)c1)c1ccccc1. The fraction of sp³-hybridized carbons (Fsp3) is 0.206. The van der Waals surface area contributed by atoms with Crippen LogP contribution in [0.1, 0.15) is 58.4 Å². The average Bonchev–Trinajstić information content (AvgIpc) is 3.43. The van der Waals surface area contributed by atoms with E-state index in [1.807, 2.05) is 60.7 Å². The molecule has 0 unspecified atom stereocenters. The van der Waals surface area contributed by atoms with Crippen molar-refractivity contribution in [1.82, 2.24) is 9.97 Å². The van der Waals surface area contributed by atoms with Crippen molar-refractivity contribution in [3.63, 3.8) is 0 Å². The van der Waals surface area contributed by atoms with Gasteiger partial charge in [0.1, 0.15) is 17.3 Å². The van der Waals surface area contributed by atoms with E-state index in [2.05, 4.69) is 11.9 Å². The topological polar surface area (TPSA) is 102 Å². The molecule has 0 saturated carbocycles. The van der Waals surface area contributed by atoms with Gasteiger partial charge >= 0.3 is 5.97 Å². The second-order valence-corrected chi connectivity index (χ2v) is 9.97. The number of carboxylic acid groups (broad SMARTS) is 1. The normalized spacial score (nSPS) is 11.8. The van der Waals surface area contributed by atoms with Crippen LogP contribution >= 0.6 is 0 Å². The van der Waals surface area contributed by atoms with E-state index in [0.29, 0.717) is 46.0 Å². The van der Waals surface area contributed by atoms with Crippen LogP contribution in [0.15, 0.2) is 84.9 Å². The van der Waals surface area contributed by atoms with Crippen molar-refractivity contribution in [3.8, 4) is 34.0 Å². The minimum atomic E-state index is -1.12. The number of fused-ring (bicyclic) bond motifs is 1. The highest BCUT2D eigenvalue weighted by Crippen LogP contribution is 2.37. The number of nitrogens with one attached hydrogen (secondary N) is 1. The zero-order chi connectivity index (χ0) is 28.9. The molecule has 0 bridgehead atoms. The number of ketones is 1. The Balaban J connectivity index is 1.56. The van der Waals surface area contributed by atoms with Crippen molar-refractivity contribution in [3.05, 3.63) is 102 Å². The summed E-state index contributed by atoms with van der Waals surface area (Å²) >= 11 is 0. The van der Waals surface area contributed by atoms with Gasteiger partial charge in [-0.1, -0.05) is 55.8 Å². The minimum absolute atomic E-state index is 0.0369. The van der Waals surface area contributed by atoms with Crippen LogP contribution in [0, 0.1) is 0 Å². The number of benzene rings is 4. The van der Waals surface area contributed by atoms with E-state index in [0.717, 1.165) is 29.4 Å². The number of aromatic amines is 1. The van der Waals surface area contributed by atoms with Gasteiger partial charge in [0.05, 0.1) is 30.8 Å². The minimum Gasteiger partial charge on any atom is -0.497 e. The molecule has 0 aliphatic rings. The van der Waals surface area contributed by atoms with E-state index in [1.165, 1.54) is 6.07 Å². The Hall–Kier alpha value is -4.91. The third-order valence-electron chi connectivity index (χ3n) is 7.37. The Kier molecular flexibility index (Phi) is 8.15. The Morgan fingerprint density at radius 3 is 2.27 bits per heavy atom. The number of nitrogens with zero attached hydrogens (tertiary/aromatic N) is 1. The molecule has 41 heavy (non-hydrogen) atoms. The average molecular weight is 549 g/mol. The lowest BCUT2D eigenvalue weighted by Gasteiger charge is -2.17. The van der Waals surface area contributed by atoms with Crippen LogP contribution in [-0.2, 0) is 0 Å². The molecule has 5 rings (SSSR count). The Bertz CT molecular complexity index is 1710. The summed E-state index contributed by atoms with van der Waals surface area (Å²) in [6.07, 6.45) is 2.12. The number of rotatable bonds is 11. The largest absolute Gasteiger partial charge is 0.497 e. The second-order valence-electron chi connectivity index (χ2n) is 9.97. The number of ether oxygens (including phenoxy) is 2. The smallest absolute Gasteiger partial charge is 0.336 e. The van der Waals surface area contributed by atoms with Gasteiger partial charge in [0.25, 0.3) is 0 Å². The molecule has 1 aromatic heterocycles. The first-order chi connectivity index (χ1) is 19.9. The van der Waals surface area contributed by atoms with Gasteiger partial charge in [0, 0.05) is 23.6 Å². The molecule has 0 amide bonds. The lowest BCUT2D eigenvalue weighted by molar-refractivity contribution is 0.0697. The third-order valence-corrected chi connectivity index (χ3v) is 7.37. The number of Topliss-reactive ketones (excluding diaryl/α,β-unsaturated/α-hetero) is 1. The van der Waals surface area contributed by atoms with E-state index >= 15 is 0 Å². The highest BCUT2D eigenvalue weighted by atomic mass is 16.5. The number of hydrogen-bond acceptors (Lipinski definition) is 5. The van der Waals surface area contributed by atoms with E-state index < -0.39 is 5.97 Å². The van der Waals surface area contributed by atoms with Crippen molar-refractivity contribution in [2.45, 2.75) is 32.1 Å². The van der Waals surface area contributed by atoms with E-state index in [-0.39, 0.29) is 17.3 Å². The fourth-order valence-corrected chi connectivity index (χ4v) is 5.25. The van der Waals surface area contributed by atoms with Crippen LogP contribution in [0.3, 0.4) is 0 Å². The van der Waals surface area contributed by atoms with Gasteiger partial charge in [0.2, 0.25) is 0 Å². The fourth-order valence-electron chi connectivity index (χ4n) is 5.25. The molecule has 0 fully saturated rings. The van der Waals surface area contributed by atoms with Gasteiger partial charge in [-0.05, 0) is 65.4 Å². The number of carbonyl (C=O) groups excluding carboxylic acids is 1. The number of aromatic nitrogens is 2. The van der Waals surface area contributed by atoms with Crippen molar-refractivity contribution in [2.75, 3.05) is 14.2 Å². The highest BCUT2D eigenvalue weighted by Gasteiger charge is 2.22. The van der Waals surface area contributed by atoms with Crippen LogP contribution < -0.4 is 9.47 Å². The predicted octanol–water partition coefficient (Wildman–Crippen LogP) is 7.77. The van der Waals surface area contributed by atoms with Gasteiger partial charge < -0.3 is 19.6 Å². The van der Waals surface area contributed by atoms with Crippen molar-refractivity contribution in [2.24, 2.45) is 0 Å². The van der Waals surface area contributed by atoms with Gasteiger partial charge in [-0.15, -0.1) is 0 Å². The van der Waals surface area contributed by atoms with Crippen LogP contribution in [0.5, 0.6) is 11.5 Å². The first kappa shape index (κ1) is 27.6. The van der Waals surface area contributed by atoms with Crippen LogP contribution in [0.25, 0.3) is 33.5 Å². The molecule has 0 saturated heterocycles. The zero-order valence-electron chi connectivity index (χ0n) is 23.3. The summed E-state index contributed by atoms with van der Waals surface area (Å²) in [5, 5.41) is 10.3. The molecule has 7 nitrogen and oxygen atoms in total. The maximum absolute atomic E-state index is 13.4. The molecular weight excluding hydrogens is 516 g/mol. The quantitative estimate of drug-likeness (QED) is 0.164. The maximum Gasteiger partial charge on any atom is 0.336 e. The molecule has 0 radical (unpaired) electrons. The number of hydrogen-bond donors (Lipinski definition) is 2. The molecule has 2 N–H and O–H groups in total. The molecule has 0 aliphatic carbocycles. The van der Waals surface area contributed by atoms with E-state index in [1.54, 1.807) is 32.4 Å². The Labute approximate surface area is 238 Å². The predicted molar refractivity (Wildman–Crippen MR) is 160 cm³/mol. The number of carbonyl (C=O) groups is 2. The molecule has 0 aliphatic heterocycles. The van der Waals surface area contributed by atoms with Gasteiger partial charge in [-0.3, -0.25) is 4.79 Å². The number of imidazole rings is 1. The van der Waals surface area contributed by atoms with Crippen LogP contribution in [0.4, 0.5) is 0 Å². The standard InChI is InChI=1S/C34H32N2O5/c1-4-8-22(21-9-6-5-7-10-21)18-32(37)23-11-14-26(29(17-23)34(38)39)28-19-24(40-2)12-15-27(28)33-35-30-16-13-25(41-3)20-31(30)36-33/h5-7,9-17,19-20,22H,4,8,18H2,1-3H3,(H,35,36)(H,38,39)/t22-/m0/s1.